The Kier molecular flexibility index (Phi) is 4.37. The van der Waals surface area contributed by atoms with E-state index < -0.39 is 5.97 Å². The van der Waals surface area contributed by atoms with Crippen molar-refractivity contribution in [2.45, 2.75) is 6.54 Å². The molecule has 2 rings (SSSR count). The van der Waals surface area contributed by atoms with Crippen LogP contribution in [0, 0.1) is 0 Å². The minimum atomic E-state index is -1.04. The van der Waals surface area contributed by atoms with E-state index in [1.807, 2.05) is 0 Å². The van der Waals surface area contributed by atoms with Crippen LogP contribution < -0.4 is 0 Å². The summed E-state index contributed by atoms with van der Waals surface area (Å²) < 4.78 is 4.96. The molecule has 6 heteroatoms. The van der Waals surface area contributed by atoms with Crippen LogP contribution in [0.1, 0.15) is 20.8 Å². The Hall–Kier alpha value is -2.34. The molecule has 0 unspecified atom stereocenters. The van der Waals surface area contributed by atoms with Gasteiger partial charge >= 0.3 is 5.97 Å². The second-order valence-corrected chi connectivity index (χ2v) is 5.09. The summed E-state index contributed by atoms with van der Waals surface area (Å²) in [6.45, 7) is 0.440. The van der Waals surface area contributed by atoms with E-state index in [9.17, 15) is 9.59 Å². The van der Waals surface area contributed by atoms with E-state index in [0.29, 0.717) is 17.0 Å². The molecule has 0 atom stereocenters. The Morgan fingerprint density at radius 1 is 1.45 bits per heavy atom. The molecule has 0 bridgehead atoms. The maximum absolute atomic E-state index is 12.3. The number of carbonyl (C=O) groups excluding carboxylic acids is 1. The van der Waals surface area contributed by atoms with Crippen LogP contribution >= 0.6 is 11.3 Å². The van der Waals surface area contributed by atoms with Crippen molar-refractivity contribution in [1.29, 1.82) is 0 Å². The van der Waals surface area contributed by atoms with Gasteiger partial charge in [0.25, 0.3) is 5.91 Å². The second-order valence-electron chi connectivity index (χ2n) is 4.17. The van der Waals surface area contributed by atoms with Crippen molar-refractivity contribution in [2.24, 2.45) is 0 Å². The summed E-state index contributed by atoms with van der Waals surface area (Å²) in [5.41, 5.74) is 1.52. The third-order valence-corrected chi connectivity index (χ3v) is 3.56. The minimum absolute atomic E-state index is 0.147. The monoisotopic (exact) mass is 291 g/mol. The Bertz CT molecular complexity index is 627. The highest BCUT2D eigenvalue weighted by Crippen LogP contribution is 2.21. The fourth-order valence-corrected chi connectivity index (χ4v) is 2.57. The molecule has 0 aliphatic carbocycles. The largest absolute Gasteiger partial charge is 0.478 e. The van der Waals surface area contributed by atoms with Gasteiger partial charge in [-0.3, -0.25) is 4.79 Å². The van der Waals surface area contributed by atoms with Crippen LogP contribution in [0.3, 0.4) is 0 Å². The summed E-state index contributed by atoms with van der Waals surface area (Å²) in [7, 11) is 1.69. The zero-order valence-electron chi connectivity index (χ0n) is 10.8. The van der Waals surface area contributed by atoms with E-state index in [-0.39, 0.29) is 5.91 Å². The molecular formula is C14H13NO4S. The first-order valence-corrected chi connectivity index (χ1v) is 6.71. The van der Waals surface area contributed by atoms with Crippen LogP contribution in [0.5, 0.6) is 0 Å². The summed E-state index contributed by atoms with van der Waals surface area (Å²) in [5.74, 6) is -1.19. The van der Waals surface area contributed by atoms with Gasteiger partial charge in [-0.15, -0.1) is 11.3 Å². The molecule has 0 saturated carbocycles. The fourth-order valence-electron chi connectivity index (χ4n) is 1.69. The zero-order valence-corrected chi connectivity index (χ0v) is 11.6. The van der Waals surface area contributed by atoms with Crippen molar-refractivity contribution in [1.82, 2.24) is 4.90 Å². The topological polar surface area (TPSA) is 70.8 Å². The smallest absolute Gasteiger partial charge is 0.328 e. The number of carbonyl (C=O) groups is 2. The van der Waals surface area contributed by atoms with Crippen LogP contribution in [-0.2, 0) is 11.3 Å². The number of hydrogen-bond donors (Lipinski definition) is 1. The number of furan rings is 1. The van der Waals surface area contributed by atoms with Crippen molar-refractivity contribution in [3.63, 3.8) is 0 Å². The molecule has 0 saturated heterocycles. The van der Waals surface area contributed by atoms with Crippen LogP contribution in [0.15, 0.2) is 40.5 Å². The van der Waals surface area contributed by atoms with Crippen LogP contribution in [0.2, 0.25) is 0 Å². The SMILES string of the molecule is CN(Cc1ccoc1)C(=O)c1sccc1C=CC(=O)O. The average Bonchev–Trinajstić information content (AvgIpc) is 3.06. The molecule has 0 aliphatic rings. The molecule has 5 nitrogen and oxygen atoms in total. The summed E-state index contributed by atoms with van der Waals surface area (Å²) in [4.78, 5) is 24.9. The summed E-state index contributed by atoms with van der Waals surface area (Å²) >= 11 is 1.29. The first kappa shape index (κ1) is 14.1. The average molecular weight is 291 g/mol. The third-order valence-electron chi connectivity index (χ3n) is 2.64. The maximum Gasteiger partial charge on any atom is 0.328 e. The minimum Gasteiger partial charge on any atom is -0.478 e. The highest BCUT2D eigenvalue weighted by molar-refractivity contribution is 7.12. The zero-order chi connectivity index (χ0) is 14.5. The normalized spacial score (nSPS) is 10.8. The van der Waals surface area contributed by atoms with Crippen LogP contribution in [-0.4, -0.2) is 28.9 Å². The Balaban J connectivity index is 2.13. The highest BCUT2D eigenvalue weighted by atomic mass is 32.1. The van der Waals surface area contributed by atoms with E-state index in [0.717, 1.165) is 11.6 Å². The first-order chi connectivity index (χ1) is 9.58. The number of aliphatic carboxylic acids is 1. The summed E-state index contributed by atoms with van der Waals surface area (Å²) in [6, 6.07) is 3.52. The Labute approximate surface area is 119 Å². The second kappa shape index (κ2) is 6.21. The molecule has 0 spiro atoms. The van der Waals surface area contributed by atoms with Crippen molar-refractivity contribution in [3.8, 4) is 0 Å². The lowest BCUT2D eigenvalue weighted by Crippen LogP contribution is -2.25. The van der Waals surface area contributed by atoms with Gasteiger partial charge in [0.15, 0.2) is 0 Å². The molecular weight excluding hydrogens is 278 g/mol. The van der Waals surface area contributed by atoms with Gasteiger partial charge in [-0.05, 0) is 29.2 Å². The first-order valence-electron chi connectivity index (χ1n) is 5.83. The molecule has 0 fully saturated rings. The number of hydrogen-bond acceptors (Lipinski definition) is 4. The van der Waals surface area contributed by atoms with Gasteiger partial charge in [0.05, 0.1) is 17.4 Å². The predicted molar refractivity (Wildman–Crippen MR) is 75.5 cm³/mol. The third kappa shape index (κ3) is 3.36. The van der Waals surface area contributed by atoms with Crippen molar-refractivity contribution in [3.05, 3.63) is 52.1 Å². The van der Waals surface area contributed by atoms with E-state index in [1.54, 1.807) is 42.0 Å². The van der Waals surface area contributed by atoms with E-state index in [1.165, 1.54) is 17.4 Å². The number of nitrogens with zero attached hydrogens (tertiary/aromatic N) is 1. The number of thiophene rings is 1. The van der Waals surface area contributed by atoms with Crippen molar-refractivity contribution in [2.75, 3.05) is 7.05 Å². The molecule has 0 radical (unpaired) electrons. The van der Waals surface area contributed by atoms with Crippen molar-refractivity contribution >= 4 is 29.3 Å². The number of carboxylic acid groups (broad SMARTS) is 1. The number of carboxylic acids is 1. The Morgan fingerprint density at radius 3 is 2.90 bits per heavy atom. The lowest BCUT2D eigenvalue weighted by atomic mass is 10.2. The molecule has 2 aromatic rings. The molecule has 2 aromatic heterocycles. The molecule has 2 heterocycles. The van der Waals surface area contributed by atoms with Crippen LogP contribution in [0.25, 0.3) is 6.08 Å². The van der Waals surface area contributed by atoms with Gasteiger partial charge in [-0.2, -0.15) is 0 Å². The lowest BCUT2D eigenvalue weighted by molar-refractivity contribution is -0.131. The highest BCUT2D eigenvalue weighted by Gasteiger charge is 2.16. The Morgan fingerprint density at radius 2 is 2.25 bits per heavy atom. The summed E-state index contributed by atoms with van der Waals surface area (Å²) in [5, 5.41) is 10.4. The van der Waals surface area contributed by atoms with E-state index in [2.05, 4.69) is 0 Å². The van der Waals surface area contributed by atoms with Gasteiger partial charge in [0.1, 0.15) is 0 Å². The van der Waals surface area contributed by atoms with Crippen molar-refractivity contribution < 1.29 is 19.1 Å². The maximum atomic E-state index is 12.3. The summed E-state index contributed by atoms with van der Waals surface area (Å²) in [6.07, 6.45) is 5.59. The van der Waals surface area contributed by atoms with Crippen LogP contribution in [0.4, 0.5) is 0 Å². The van der Waals surface area contributed by atoms with E-state index in [4.69, 9.17) is 9.52 Å². The molecule has 20 heavy (non-hydrogen) atoms. The van der Waals surface area contributed by atoms with Gasteiger partial charge in [0.2, 0.25) is 0 Å². The molecule has 104 valence electrons. The fraction of sp³-hybridized carbons (Fsp3) is 0.143. The van der Waals surface area contributed by atoms with E-state index >= 15 is 0 Å². The molecule has 1 amide bonds. The standard InChI is InChI=1S/C14H13NO4S/c1-15(8-10-4-6-19-9-10)14(18)13-11(5-7-20-13)2-3-12(16)17/h2-7,9H,8H2,1H3,(H,16,17). The number of rotatable bonds is 5. The lowest BCUT2D eigenvalue weighted by Gasteiger charge is -2.15. The van der Waals surface area contributed by atoms with Gasteiger partial charge < -0.3 is 14.4 Å². The molecule has 0 aromatic carbocycles. The predicted octanol–water partition coefficient (Wildman–Crippen LogP) is 2.71. The van der Waals surface area contributed by atoms with Gasteiger partial charge in [-0.25, -0.2) is 4.79 Å². The number of amides is 1. The quantitative estimate of drug-likeness (QED) is 0.860. The molecule has 0 aliphatic heterocycles. The molecule has 1 N–H and O–H groups in total. The van der Waals surface area contributed by atoms with Gasteiger partial charge in [0, 0.05) is 25.2 Å². The van der Waals surface area contributed by atoms with Gasteiger partial charge in [-0.1, -0.05) is 0 Å².